The number of hydrogen-bond donors (Lipinski definition) is 0. The van der Waals surface area contributed by atoms with Gasteiger partial charge in [0, 0.05) is 50.0 Å². The van der Waals surface area contributed by atoms with Crippen LogP contribution in [0.15, 0.2) is 17.1 Å². The van der Waals surface area contributed by atoms with E-state index in [4.69, 9.17) is 30.8 Å². The number of hydrogen-bond acceptors (Lipinski definition) is 6. The highest BCUT2D eigenvalue weighted by molar-refractivity contribution is 6.31. The summed E-state index contributed by atoms with van der Waals surface area (Å²) < 4.78 is 16.0. The van der Waals surface area contributed by atoms with Crippen molar-refractivity contribution in [1.82, 2.24) is 9.88 Å². The lowest BCUT2D eigenvalue weighted by Gasteiger charge is -2.31. The second kappa shape index (κ2) is 9.48. The first-order chi connectivity index (χ1) is 13.1. The first-order valence-corrected chi connectivity index (χ1v) is 9.63. The Morgan fingerprint density at radius 1 is 1.33 bits per heavy atom. The number of likely N-dealkylation sites (tertiary alicyclic amines) is 1. The van der Waals surface area contributed by atoms with Crippen LogP contribution in [0, 0.1) is 5.92 Å². The van der Waals surface area contributed by atoms with E-state index < -0.39 is 0 Å². The van der Waals surface area contributed by atoms with Crippen molar-refractivity contribution in [2.24, 2.45) is 10.9 Å². The summed E-state index contributed by atoms with van der Waals surface area (Å²) in [6.45, 7) is 2.67. The van der Waals surface area contributed by atoms with Crippen LogP contribution in [0.1, 0.15) is 29.8 Å². The van der Waals surface area contributed by atoms with Crippen molar-refractivity contribution < 1.29 is 19.0 Å². The molecule has 2 saturated heterocycles. The van der Waals surface area contributed by atoms with E-state index in [0.717, 1.165) is 25.9 Å². The molecule has 0 aromatic carbocycles. The Bertz CT molecular complexity index is 677. The molecule has 2 aliphatic rings. The zero-order chi connectivity index (χ0) is 19.2. The van der Waals surface area contributed by atoms with E-state index in [2.05, 4.69) is 4.98 Å². The lowest BCUT2D eigenvalue weighted by atomic mass is 9.98. The van der Waals surface area contributed by atoms with Gasteiger partial charge in [-0.1, -0.05) is 11.6 Å². The van der Waals surface area contributed by atoms with E-state index in [9.17, 15) is 4.79 Å². The third kappa shape index (κ3) is 5.18. The third-order valence-electron chi connectivity index (χ3n) is 5.09. The Labute approximate surface area is 164 Å². The van der Waals surface area contributed by atoms with Gasteiger partial charge in [0.1, 0.15) is 5.69 Å². The second-order valence-corrected chi connectivity index (χ2v) is 7.27. The predicted molar refractivity (Wildman–Crippen MR) is 103 cm³/mol. The van der Waals surface area contributed by atoms with Crippen molar-refractivity contribution in [2.75, 3.05) is 40.5 Å². The summed E-state index contributed by atoms with van der Waals surface area (Å²) in [6.07, 6.45) is 4.71. The summed E-state index contributed by atoms with van der Waals surface area (Å²) in [5.41, 5.74) is 0.312. The van der Waals surface area contributed by atoms with Crippen LogP contribution in [0.25, 0.3) is 0 Å². The van der Waals surface area contributed by atoms with E-state index >= 15 is 0 Å². The molecule has 1 aromatic heterocycles. The summed E-state index contributed by atoms with van der Waals surface area (Å²) >= 11 is 6.04. The molecule has 3 rings (SSSR count). The van der Waals surface area contributed by atoms with Gasteiger partial charge in [-0.2, -0.15) is 0 Å². The fourth-order valence-corrected chi connectivity index (χ4v) is 3.64. The molecule has 0 N–H and O–H groups in total. The second-order valence-electron chi connectivity index (χ2n) is 6.84. The smallest absolute Gasteiger partial charge is 0.272 e. The number of pyridine rings is 1. The highest BCUT2D eigenvalue weighted by Crippen LogP contribution is 2.21. The maximum absolute atomic E-state index is 12.7. The molecule has 1 aromatic rings. The number of piperidine rings is 1. The molecular weight excluding hydrogens is 370 g/mol. The fraction of sp³-hybridized carbons (Fsp3) is 0.632. The molecule has 0 spiro atoms. The van der Waals surface area contributed by atoms with Gasteiger partial charge in [-0.25, -0.2) is 4.98 Å². The lowest BCUT2D eigenvalue weighted by molar-refractivity contribution is -0.0460. The van der Waals surface area contributed by atoms with Crippen LogP contribution in [0.5, 0.6) is 5.88 Å². The SMILES string of the molecule is COc1cc(Cl)cc(C(=O)N2CCC(N=C[C@H]3CCOC[C@H]3OC)CC2)n1. The number of carbonyl (C=O) groups is 1. The molecule has 2 aliphatic heterocycles. The summed E-state index contributed by atoms with van der Waals surface area (Å²) in [7, 11) is 3.21. The van der Waals surface area contributed by atoms with Gasteiger partial charge in [-0.05, 0) is 25.3 Å². The lowest BCUT2D eigenvalue weighted by Crippen LogP contribution is -2.40. The number of aliphatic imine (C=N–C) groups is 1. The maximum atomic E-state index is 12.7. The Kier molecular flexibility index (Phi) is 7.04. The molecule has 7 nitrogen and oxygen atoms in total. The van der Waals surface area contributed by atoms with Gasteiger partial charge in [-0.15, -0.1) is 0 Å². The molecule has 8 heteroatoms. The minimum atomic E-state index is -0.123. The normalized spacial score (nSPS) is 24.3. The Balaban J connectivity index is 1.54. The van der Waals surface area contributed by atoms with Gasteiger partial charge in [0.25, 0.3) is 5.91 Å². The van der Waals surface area contributed by atoms with Crippen molar-refractivity contribution >= 4 is 23.7 Å². The van der Waals surface area contributed by atoms with E-state index in [1.165, 1.54) is 7.11 Å². The van der Waals surface area contributed by atoms with E-state index in [0.29, 0.717) is 42.2 Å². The van der Waals surface area contributed by atoms with Crippen LogP contribution < -0.4 is 4.74 Å². The van der Waals surface area contributed by atoms with Crippen molar-refractivity contribution in [3.63, 3.8) is 0 Å². The van der Waals surface area contributed by atoms with Crippen molar-refractivity contribution in [3.05, 3.63) is 22.8 Å². The molecule has 0 aliphatic carbocycles. The summed E-state index contributed by atoms with van der Waals surface area (Å²) in [4.78, 5) is 23.5. The van der Waals surface area contributed by atoms with Crippen molar-refractivity contribution in [2.45, 2.75) is 31.4 Å². The molecule has 27 heavy (non-hydrogen) atoms. The number of halogens is 1. The van der Waals surface area contributed by atoms with Gasteiger partial charge in [-0.3, -0.25) is 9.79 Å². The summed E-state index contributed by atoms with van der Waals surface area (Å²) in [5.74, 6) is 0.517. The zero-order valence-electron chi connectivity index (χ0n) is 15.8. The molecule has 2 atom stereocenters. The predicted octanol–water partition coefficient (Wildman–Crippen LogP) is 2.47. The first-order valence-electron chi connectivity index (χ1n) is 9.25. The molecule has 0 unspecified atom stereocenters. The molecule has 0 saturated carbocycles. The van der Waals surface area contributed by atoms with Crippen LogP contribution >= 0.6 is 11.6 Å². The summed E-state index contributed by atoms with van der Waals surface area (Å²) in [6, 6.07) is 3.39. The van der Waals surface area contributed by atoms with E-state index in [1.807, 2.05) is 6.21 Å². The average molecular weight is 396 g/mol. The number of rotatable bonds is 5. The standard InChI is InChI=1S/C19H26ClN3O4/c1-25-17-12-27-8-5-13(17)11-21-15-3-6-23(7-4-15)19(24)16-9-14(20)10-18(22-16)26-2/h9-11,13,15,17H,3-8,12H2,1-2H3/t13-,17-/m1/s1. The van der Waals surface area contributed by atoms with Crippen molar-refractivity contribution in [3.8, 4) is 5.88 Å². The Morgan fingerprint density at radius 2 is 2.11 bits per heavy atom. The number of aromatic nitrogens is 1. The molecule has 0 radical (unpaired) electrons. The average Bonchev–Trinajstić information content (AvgIpc) is 2.71. The van der Waals surface area contributed by atoms with Crippen LogP contribution in [0.3, 0.4) is 0 Å². The van der Waals surface area contributed by atoms with Crippen LogP contribution in [-0.4, -0.2) is 74.7 Å². The molecule has 148 valence electrons. The third-order valence-corrected chi connectivity index (χ3v) is 5.31. The molecule has 3 heterocycles. The fourth-order valence-electron chi connectivity index (χ4n) is 3.44. The number of nitrogens with zero attached hydrogens (tertiary/aromatic N) is 3. The van der Waals surface area contributed by atoms with Crippen LogP contribution in [-0.2, 0) is 9.47 Å². The highest BCUT2D eigenvalue weighted by atomic mass is 35.5. The Morgan fingerprint density at radius 3 is 2.81 bits per heavy atom. The minimum Gasteiger partial charge on any atom is -0.481 e. The quantitative estimate of drug-likeness (QED) is 0.716. The van der Waals surface area contributed by atoms with Gasteiger partial charge in [0.2, 0.25) is 5.88 Å². The van der Waals surface area contributed by atoms with Crippen LogP contribution in [0.2, 0.25) is 5.02 Å². The van der Waals surface area contributed by atoms with Crippen LogP contribution in [0.4, 0.5) is 0 Å². The largest absolute Gasteiger partial charge is 0.481 e. The number of ether oxygens (including phenoxy) is 3. The number of amides is 1. The summed E-state index contributed by atoms with van der Waals surface area (Å²) in [5, 5.41) is 0.439. The highest BCUT2D eigenvalue weighted by Gasteiger charge is 2.27. The number of carbonyl (C=O) groups excluding carboxylic acids is 1. The molecule has 2 fully saturated rings. The monoisotopic (exact) mass is 395 g/mol. The molecule has 0 bridgehead atoms. The molecule has 1 amide bonds. The van der Waals surface area contributed by atoms with E-state index in [1.54, 1.807) is 24.1 Å². The van der Waals surface area contributed by atoms with E-state index in [-0.39, 0.29) is 18.1 Å². The minimum absolute atomic E-state index is 0.0769. The maximum Gasteiger partial charge on any atom is 0.272 e. The molecular formula is C19H26ClN3O4. The van der Waals surface area contributed by atoms with Gasteiger partial charge in [0.05, 0.1) is 25.9 Å². The topological polar surface area (TPSA) is 73.2 Å². The van der Waals surface area contributed by atoms with Gasteiger partial charge < -0.3 is 19.1 Å². The van der Waals surface area contributed by atoms with Gasteiger partial charge >= 0.3 is 0 Å². The zero-order valence-corrected chi connectivity index (χ0v) is 16.5. The van der Waals surface area contributed by atoms with Gasteiger partial charge in [0.15, 0.2) is 0 Å². The Hall–Kier alpha value is -1.70. The first kappa shape index (κ1) is 20.0. The number of methoxy groups -OCH3 is 2. The van der Waals surface area contributed by atoms with Crippen molar-refractivity contribution in [1.29, 1.82) is 0 Å².